The van der Waals surface area contributed by atoms with Crippen LogP contribution in [-0.4, -0.2) is 47.8 Å². The largest absolute Gasteiger partial charge is 0.477 e. The Morgan fingerprint density at radius 3 is 2.83 bits per heavy atom. The number of nitrogens with one attached hydrogen (secondary N) is 1. The van der Waals surface area contributed by atoms with E-state index in [2.05, 4.69) is 10.4 Å². The number of fused-ring (bicyclic) bond motifs is 1. The maximum atomic E-state index is 12.2. The first-order valence-corrected chi connectivity index (χ1v) is 8.18. The Bertz CT molecular complexity index is 751. The minimum atomic E-state index is -1.21. The van der Waals surface area contributed by atoms with Crippen LogP contribution in [0.2, 0.25) is 0 Å². The first-order chi connectivity index (χ1) is 10.9. The Morgan fingerprint density at radius 2 is 2.22 bits per heavy atom. The molecule has 0 aromatic carbocycles. The van der Waals surface area contributed by atoms with Gasteiger partial charge in [0.15, 0.2) is 0 Å². The maximum Gasteiger partial charge on any atom is 0.341 e. The number of anilines is 1. The molecule has 2 aromatic rings. The van der Waals surface area contributed by atoms with Crippen molar-refractivity contribution in [2.45, 2.75) is 19.9 Å². The molecule has 126 valence electrons. The van der Waals surface area contributed by atoms with Gasteiger partial charge in [-0.3, -0.25) is 15.1 Å². The summed E-state index contributed by atoms with van der Waals surface area (Å²) in [5.41, 5.74) is 2.16. The first kappa shape index (κ1) is 17.5. The molecule has 0 unspecified atom stereocenters. The average molecular weight is 339 g/mol. The second kappa shape index (κ2) is 7.58. The third kappa shape index (κ3) is 4.10. The quantitative estimate of drug-likeness (QED) is 0.566. The molecule has 2 aromatic heterocycles. The summed E-state index contributed by atoms with van der Waals surface area (Å²) < 4.78 is 1.77. The van der Waals surface area contributed by atoms with Crippen molar-refractivity contribution >= 4 is 32.5 Å². The lowest BCUT2D eigenvalue weighted by molar-refractivity contribution is 0.0695. The van der Waals surface area contributed by atoms with E-state index in [1.54, 1.807) is 10.6 Å². The zero-order valence-electron chi connectivity index (χ0n) is 13.5. The molecule has 0 aliphatic heterocycles. The van der Waals surface area contributed by atoms with Gasteiger partial charge < -0.3 is 14.6 Å². The summed E-state index contributed by atoms with van der Waals surface area (Å²) in [4.78, 5) is 31.6. The predicted octanol–water partition coefficient (Wildman–Crippen LogP) is 2.08. The second-order valence-electron chi connectivity index (χ2n) is 5.40. The summed E-state index contributed by atoms with van der Waals surface area (Å²) in [6, 6.07) is 1.65. The first-order valence-electron chi connectivity index (χ1n) is 7.36. The number of aromatic nitrogens is 1. The van der Waals surface area contributed by atoms with Crippen LogP contribution in [0, 0.1) is 0 Å². The highest BCUT2D eigenvalue weighted by molar-refractivity contribution is 7.22. The molecule has 23 heavy (non-hydrogen) atoms. The summed E-state index contributed by atoms with van der Waals surface area (Å²) in [6.45, 7) is 3.96. The van der Waals surface area contributed by atoms with Gasteiger partial charge in [0.25, 0.3) is 0 Å². The molecule has 7 nitrogen and oxygen atoms in total. The molecule has 0 saturated carbocycles. The number of carboxylic acids is 1. The SMILES string of the molecule is CCn1cc(C(=O)O)c(=O)c2cc(NOCCCN(C)C)sc21. The van der Waals surface area contributed by atoms with Gasteiger partial charge in [-0.05, 0) is 40.1 Å². The summed E-state index contributed by atoms with van der Waals surface area (Å²) in [6.07, 6.45) is 2.28. The van der Waals surface area contributed by atoms with E-state index >= 15 is 0 Å². The van der Waals surface area contributed by atoms with E-state index < -0.39 is 11.4 Å². The Kier molecular flexibility index (Phi) is 5.75. The lowest BCUT2D eigenvalue weighted by Crippen LogP contribution is -2.17. The lowest BCUT2D eigenvalue weighted by atomic mass is 10.2. The zero-order chi connectivity index (χ0) is 17.0. The number of pyridine rings is 1. The normalized spacial score (nSPS) is 11.3. The van der Waals surface area contributed by atoms with Gasteiger partial charge in [-0.25, -0.2) is 4.79 Å². The van der Waals surface area contributed by atoms with Crippen molar-refractivity contribution in [1.82, 2.24) is 9.47 Å². The highest BCUT2D eigenvalue weighted by Gasteiger charge is 2.16. The third-order valence-electron chi connectivity index (χ3n) is 3.34. The molecule has 8 heteroatoms. The molecule has 0 aliphatic rings. The van der Waals surface area contributed by atoms with E-state index in [0.29, 0.717) is 23.5 Å². The van der Waals surface area contributed by atoms with Crippen molar-refractivity contribution in [2.24, 2.45) is 0 Å². The van der Waals surface area contributed by atoms with Gasteiger partial charge in [0.05, 0.1) is 12.0 Å². The van der Waals surface area contributed by atoms with Gasteiger partial charge in [-0.15, -0.1) is 0 Å². The molecule has 0 fully saturated rings. The number of carbonyl (C=O) groups is 1. The van der Waals surface area contributed by atoms with Gasteiger partial charge in [0.1, 0.15) is 15.4 Å². The minimum absolute atomic E-state index is 0.212. The smallest absolute Gasteiger partial charge is 0.341 e. The van der Waals surface area contributed by atoms with Crippen LogP contribution in [0.25, 0.3) is 10.2 Å². The zero-order valence-corrected chi connectivity index (χ0v) is 14.3. The van der Waals surface area contributed by atoms with Crippen LogP contribution in [0.3, 0.4) is 0 Å². The predicted molar refractivity (Wildman–Crippen MR) is 91.5 cm³/mol. The number of nitrogens with zero attached hydrogens (tertiary/aromatic N) is 2. The molecule has 0 aliphatic carbocycles. The number of rotatable bonds is 8. The van der Waals surface area contributed by atoms with Crippen LogP contribution in [-0.2, 0) is 11.4 Å². The van der Waals surface area contributed by atoms with Crippen LogP contribution in [0.15, 0.2) is 17.1 Å². The summed E-state index contributed by atoms with van der Waals surface area (Å²) in [7, 11) is 4.00. The molecule has 0 atom stereocenters. The molecule has 0 spiro atoms. The van der Waals surface area contributed by atoms with E-state index in [-0.39, 0.29) is 5.56 Å². The molecule has 2 rings (SSSR count). The van der Waals surface area contributed by atoms with E-state index in [4.69, 9.17) is 9.94 Å². The standard InChI is InChI=1S/C15H21N3O4S/c1-4-18-9-11(15(20)21)13(19)10-8-12(23-14(10)18)16-22-7-5-6-17(2)3/h8-9,16H,4-7H2,1-3H3,(H,20,21). The molecule has 2 N–H and O–H groups in total. The Morgan fingerprint density at radius 1 is 1.48 bits per heavy atom. The summed E-state index contributed by atoms with van der Waals surface area (Å²) >= 11 is 1.37. The van der Waals surface area contributed by atoms with Crippen LogP contribution >= 0.6 is 11.3 Å². The van der Waals surface area contributed by atoms with Crippen molar-refractivity contribution in [3.05, 3.63) is 28.0 Å². The highest BCUT2D eigenvalue weighted by Crippen LogP contribution is 2.28. The third-order valence-corrected chi connectivity index (χ3v) is 4.41. The van der Waals surface area contributed by atoms with Gasteiger partial charge >= 0.3 is 5.97 Å². The van der Waals surface area contributed by atoms with E-state index in [9.17, 15) is 9.59 Å². The second-order valence-corrected chi connectivity index (χ2v) is 6.43. The van der Waals surface area contributed by atoms with Gasteiger partial charge in [-0.1, -0.05) is 11.3 Å². The van der Waals surface area contributed by atoms with Crippen molar-refractivity contribution < 1.29 is 14.7 Å². The van der Waals surface area contributed by atoms with Gasteiger partial charge in [0, 0.05) is 12.7 Å². The molecular formula is C15H21N3O4S. The van der Waals surface area contributed by atoms with E-state index in [0.717, 1.165) is 17.8 Å². The topological polar surface area (TPSA) is 83.8 Å². The summed E-state index contributed by atoms with van der Waals surface area (Å²) in [5, 5.41) is 10.2. The molecule has 2 heterocycles. The van der Waals surface area contributed by atoms with Gasteiger partial charge in [0.2, 0.25) is 5.43 Å². The van der Waals surface area contributed by atoms with Crippen LogP contribution < -0.4 is 10.9 Å². The molecule has 0 saturated heterocycles. The molecule has 0 radical (unpaired) electrons. The van der Waals surface area contributed by atoms with E-state index in [1.165, 1.54) is 17.5 Å². The number of aryl methyl sites for hydroxylation is 1. The Labute approximate surface area is 138 Å². The number of hydrogen-bond acceptors (Lipinski definition) is 6. The van der Waals surface area contributed by atoms with Crippen molar-refractivity contribution in [2.75, 3.05) is 32.7 Å². The monoisotopic (exact) mass is 339 g/mol. The van der Waals surface area contributed by atoms with Crippen LogP contribution in [0.1, 0.15) is 23.7 Å². The maximum absolute atomic E-state index is 12.2. The van der Waals surface area contributed by atoms with Gasteiger partial charge in [-0.2, -0.15) is 0 Å². The fourth-order valence-corrected chi connectivity index (χ4v) is 3.23. The average Bonchev–Trinajstić information content (AvgIpc) is 2.91. The lowest BCUT2D eigenvalue weighted by Gasteiger charge is -2.09. The Hall–Kier alpha value is -1.90. The molecule has 0 bridgehead atoms. The van der Waals surface area contributed by atoms with Crippen LogP contribution in [0.5, 0.6) is 0 Å². The molecular weight excluding hydrogens is 318 g/mol. The van der Waals surface area contributed by atoms with Crippen LogP contribution in [0.4, 0.5) is 5.00 Å². The van der Waals surface area contributed by atoms with Crippen molar-refractivity contribution in [1.29, 1.82) is 0 Å². The molecule has 0 amide bonds. The minimum Gasteiger partial charge on any atom is -0.477 e. The van der Waals surface area contributed by atoms with Crippen molar-refractivity contribution in [3.8, 4) is 0 Å². The fourth-order valence-electron chi connectivity index (χ4n) is 2.19. The number of hydrogen-bond donors (Lipinski definition) is 2. The Balaban J connectivity index is 2.19. The summed E-state index contributed by atoms with van der Waals surface area (Å²) in [5.74, 6) is -1.21. The fraction of sp³-hybridized carbons (Fsp3) is 0.467. The number of thiophene rings is 1. The number of aromatic carboxylic acids is 1. The van der Waals surface area contributed by atoms with E-state index in [1.807, 2.05) is 21.0 Å². The highest BCUT2D eigenvalue weighted by atomic mass is 32.1. The van der Waals surface area contributed by atoms with Crippen molar-refractivity contribution in [3.63, 3.8) is 0 Å². The number of carboxylic acid groups (broad SMARTS) is 1.